The van der Waals surface area contributed by atoms with E-state index in [0.29, 0.717) is 35.0 Å². The summed E-state index contributed by atoms with van der Waals surface area (Å²) in [6, 6.07) is 33.2. The molecular formula is C50H32F12O2P2. The van der Waals surface area contributed by atoms with E-state index in [1.165, 1.54) is 48.5 Å². The van der Waals surface area contributed by atoms with Gasteiger partial charge in [-0.25, -0.2) is 0 Å². The van der Waals surface area contributed by atoms with Gasteiger partial charge in [0.05, 0.1) is 49.5 Å². The van der Waals surface area contributed by atoms with Crippen LogP contribution >= 0.6 is 16.9 Å². The summed E-state index contributed by atoms with van der Waals surface area (Å²) < 4.78 is 204. The van der Waals surface area contributed by atoms with E-state index in [1.54, 1.807) is 48.5 Å². The van der Waals surface area contributed by atoms with E-state index < -0.39 is 74.2 Å². The number of alkyl halides is 12. The van der Waals surface area contributed by atoms with Crippen molar-refractivity contribution in [2.75, 3.05) is 0 Å². The molecule has 0 bridgehead atoms. The third-order valence-electron chi connectivity index (χ3n) is 11.9. The molecule has 0 aliphatic carbocycles. The van der Waals surface area contributed by atoms with Crippen LogP contribution in [0.2, 0.25) is 0 Å². The minimum atomic E-state index is -4.99. The van der Waals surface area contributed by atoms with Crippen molar-refractivity contribution in [1.29, 1.82) is 0 Å². The third-order valence-corrected chi connectivity index (χ3v) is 14.6. The Kier molecular flexibility index (Phi) is 11.9. The smallest absolute Gasteiger partial charge is 0.328 e. The van der Waals surface area contributed by atoms with Crippen LogP contribution in [-0.4, -0.2) is 0 Å². The molecule has 338 valence electrons. The van der Waals surface area contributed by atoms with Gasteiger partial charge in [0.2, 0.25) is 0 Å². The van der Waals surface area contributed by atoms with Crippen molar-refractivity contribution in [3.05, 3.63) is 225 Å². The lowest BCUT2D eigenvalue weighted by atomic mass is 9.73. The Balaban J connectivity index is 1.63. The molecular weight excluding hydrogens is 922 g/mol. The molecule has 0 saturated carbocycles. The Hall–Kier alpha value is -6.10. The summed E-state index contributed by atoms with van der Waals surface area (Å²) in [5, 5.41) is -3.34. The van der Waals surface area contributed by atoms with E-state index >= 15 is 0 Å². The second kappa shape index (κ2) is 17.0. The molecule has 8 aromatic carbocycles. The van der Waals surface area contributed by atoms with Gasteiger partial charge < -0.3 is 9.13 Å². The standard InChI is InChI=1S/C50H32F12O2P2/c51-47(52,53)35-15-5-11-31(25-35)45(65-63,32-12-6-16-36(26-32)48(54,55)56)41-23-21-29-9-1-3-19-39(29)43(41)44-40-20-4-2-10-30(40)22-24-42(44)46(66-64,33-13-7-17-37(27-33)49(57,58)59)34-14-8-18-38(28-34)50(60,61)62/h1-28H,65-66H2. The molecule has 8 rings (SSSR count). The first-order chi connectivity index (χ1) is 31.1. The van der Waals surface area contributed by atoms with Gasteiger partial charge in [-0.1, -0.05) is 146 Å². The van der Waals surface area contributed by atoms with Crippen molar-refractivity contribution in [3.63, 3.8) is 0 Å². The summed E-state index contributed by atoms with van der Waals surface area (Å²) in [4.78, 5) is 0. The Labute approximate surface area is 370 Å². The lowest BCUT2D eigenvalue weighted by molar-refractivity contribution is -0.138. The largest absolute Gasteiger partial charge is 0.416 e. The highest BCUT2D eigenvalue weighted by atomic mass is 31.1. The first-order valence-electron chi connectivity index (χ1n) is 19.8. The zero-order valence-corrected chi connectivity index (χ0v) is 36.0. The van der Waals surface area contributed by atoms with Gasteiger partial charge in [-0.2, -0.15) is 52.7 Å². The fraction of sp³-hybridized carbons (Fsp3) is 0.120. The molecule has 0 fully saturated rings. The highest BCUT2D eigenvalue weighted by molar-refractivity contribution is 7.26. The lowest BCUT2D eigenvalue weighted by Gasteiger charge is -2.37. The first kappa shape index (κ1) is 46.4. The average molecular weight is 955 g/mol. The van der Waals surface area contributed by atoms with Crippen molar-refractivity contribution >= 4 is 38.5 Å². The van der Waals surface area contributed by atoms with E-state index in [9.17, 15) is 61.8 Å². The number of hydrogen-bond donors (Lipinski definition) is 0. The molecule has 0 radical (unpaired) electrons. The molecule has 0 spiro atoms. The number of halogens is 12. The first-order valence-corrected chi connectivity index (χ1v) is 21.9. The number of benzene rings is 8. The minimum absolute atomic E-state index is 0.00857. The van der Waals surface area contributed by atoms with Gasteiger partial charge in [-0.05, 0) is 90.3 Å². The monoisotopic (exact) mass is 954 g/mol. The van der Waals surface area contributed by atoms with Crippen LogP contribution in [0.15, 0.2) is 170 Å². The molecule has 2 unspecified atom stereocenters. The summed E-state index contributed by atoms with van der Waals surface area (Å²) in [7, 11) is -5.00. The number of rotatable bonds is 9. The SMILES string of the molecule is O=[PH2]C(c1cccc(C(F)(F)F)c1)(c1cccc(C(F)(F)F)c1)c1ccc2ccccc2c1-c1c(C([PH2]=O)(c2cccc(C(F)(F)F)c2)c2cccc(C(F)(F)F)c2)ccc2ccccc12. The van der Waals surface area contributed by atoms with Crippen LogP contribution in [0, 0.1) is 0 Å². The van der Waals surface area contributed by atoms with Crippen molar-refractivity contribution in [2.24, 2.45) is 0 Å². The molecule has 0 saturated heterocycles. The predicted octanol–water partition coefficient (Wildman–Crippen LogP) is 15.8. The average Bonchev–Trinajstić information content (AvgIpc) is 3.29. The zero-order valence-electron chi connectivity index (χ0n) is 33.7. The Bertz CT molecular complexity index is 2840. The molecule has 66 heavy (non-hydrogen) atoms. The second-order valence-corrected chi connectivity index (χ2v) is 17.8. The topological polar surface area (TPSA) is 34.1 Å². The van der Waals surface area contributed by atoms with Gasteiger partial charge in [0.25, 0.3) is 0 Å². The van der Waals surface area contributed by atoms with Crippen molar-refractivity contribution in [1.82, 2.24) is 0 Å². The Morgan fingerprint density at radius 3 is 0.803 bits per heavy atom. The van der Waals surface area contributed by atoms with Crippen molar-refractivity contribution < 1.29 is 61.8 Å². The van der Waals surface area contributed by atoms with Gasteiger partial charge in [0, 0.05) is 0 Å². The van der Waals surface area contributed by atoms with Crippen LogP contribution < -0.4 is 0 Å². The molecule has 0 amide bonds. The van der Waals surface area contributed by atoms with Crippen LogP contribution in [0.25, 0.3) is 32.7 Å². The Morgan fingerprint density at radius 2 is 0.545 bits per heavy atom. The molecule has 0 aliphatic heterocycles. The van der Waals surface area contributed by atoms with Crippen LogP contribution in [0.4, 0.5) is 52.7 Å². The summed E-state index contributed by atoms with van der Waals surface area (Å²) in [6.45, 7) is 0. The van der Waals surface area contributed by atoms with Crippen LogP contribution in [-0.2, 0) is 44.1 Å². The van der Waals surface area contributed by atoms with Gasteiger partial charge in [-0.15, -0.1) is 0 Å². The van der Waals surface area contributed by atoms with E-state index in [4.69, 9.17) is 0 Å². The van der Waals surface area contributed by atoms with E-state index in [1.807, 2.05) is 0 Å². The molecule has 0 aliphatic rings. The quantitative estimate of drug-likeness (QED) is 0.0821. The van der Waals surface area contributed by atoms with Gasteiger partial charge >= 0.3 is 24.7 Å². The Morgan fingerprint density at radius 1 is 0.288 bits per heavy atom. The summed E-state index contributed by atoms with van der Waals surface area (Å²) >= 11 is 0. The van der Waals surface area contributed by atoms with Crippen molar-refractivity contribution in [2.45, 2.75) is 35.0 Å². The zero-order chi connectivity index (χ0) is 47.5. The van der Waals surface area contributed by atoms with Gasteiger partial charge in [-0.3, -0.25) is 0 Å². The second-order valence-electron chi connectivity index (χ2n) is 15.6. The van der Waals surface area contributed by atoms with Gasteiger partial charge in [0.15, 0.2) is 0 Å². The third kappa shape index (κ3) is 8.12. The molecule has 8 aromatic rings. The molecule has 16 heteroatoms. The summed E-state index contributed by atoms with van der Waals surface area (Å²) in [5.41, 5.74) is -6.46. The highest BCUT2D eigenvalue weighted by Crippen LogP contribution is 2.58. The predicted molar refractivity (Wildman–Crippen MR) is 233 cm³/mol. The van der Waals surface area contributed by atoms with Crippen LogP contribution in [0.3, 0.4) is 0 Å². The minimum Gasteiger partial charge on any atom is -0.328 e. The number of fused-ring (bicyclic) bond motifs is 2. The summed E-state index contributed by atoms with van der Waals surface area (Å²) in [6.07, 6.45) is -20.0. The molecule has 0 N–H and O–H groups in total. The molecule has 0 heterocycles. The van der Waals surface area contributed by atoms with Crippen LogP contribution in [0.5, 0.6) is 0 Å². The van der Waals surface area contributed by atoms with E-state index in [0.717, 1.165) is 48.5 Å². The van der Waals surface area contributed by atoms with Crippen molar-refractivity contribution in [3.8, 4) is 11.1 Å². The normalized spacial score (nSPS) is 13.5. The maximum atomic E-state index is 14.6. The van der Waals surface area contributed by atoms with Gasteiger partial charge in [0.1, 0.15) is 0 Å². The fourth-order valence-electron chi connectivity index (χ4n) is 8.86. The molecule has 2 atom stereocenters. The highest BCUT2D eigenvalue weighted by Gasteiger charge is 2.46. The maximum Gasteiger partial charge on any atom is 0.416 e. The molecule has 0 aromatic heterocycles. The molecule has 2 nitrogen and oxygen atoms in total. The fourth-order valence-corrected chi connectivity index (χ4v) is 10.9. The van der Waals surface area contributed by atoms with E-state index in [2.05, 4.69) is 0 Å². The van der Waals surface area contributed by atoms with Crippen LogP contribution in [0.1, 0.15) is 55.6 Å². The maximum absolute atomic E-state index is 14.6. The number of hydrogen-bond acceptors (Lipinski definition) is 2. The summed E-state index contributed by atoms with van der Waals surface area (Å²) in [5.74, 6) is 0. The van der Waals surface area contributed by atoms with E-state index in [-0.39, 0.29) is 55.3 Å². The lowest BCUT2D eigenvalue weighted by Crippen LogP contribution is -2.27.